The van der Waals surface area contributed by atoms with Crippen molar-refractivity contribution in [2.45, 2.75) is 0 Å². The number of hydrogen-bond acceptors (Lipinski definition) is 3. The van der Waals surface area contributed by atoms with Crippen LogP contribution in [0.3, 0.4) is 0 Å². The predicted octanol–water partition coefficient (Wildman–Crippen LogP) is 1.11. The molecule has 0 aliphatic rings. The molecule has 0 saturated heterocycles. The standard InChI is InChI=1S/C10H13NO2/c1-13-10-5-3-2-4-9(10)8-11-6-7-12/h2-5,8,12H,6-7H2,1H3. The fraction of sp³-hybridized carbons (Fsp3) is 0.300. The molecule has 0 fully saturated rings. The Morgan fingerprint density at radius 2 is 2.23 bits per heavy atom. The minimum atomic E-state index is 0.0750. The van der Waals surface area contributed by atoms with Gasteiger partial charge in [0.2, 0.25) is 0 Å². The Morgan fingerprint density at radius 1 is 1.46 bits per heavy atom. The molecule has 0 radical (unpaired) electrons. The fourth-order valence-electron chi connectivity index (χ4n) is 0.994. The van der Waals surface area contributed by atoms with Gasteiger partial charge in [-0.2, -0.15) is 0 Å². The molecule has 70 valence electrons. The first-order valence-corrected chi connectivity index (χ1v) is 4.12. The van der Waals surface area contributed by atoms with Crippen LogP contribution in [0.25, 0.3) is 0 Å². The molecule has 0 aliphatic carbocycles. The smallest absolute Gasteiger partial charge is 0.127 e. The number of benzene rings is 1. The number of para-hydroxylation sites is 1. The van der Waals surface area contributed by atoms with Crippen LogP contribution in [0.4, 0.5) is 0 Å². The Bertz CT molecular complexity index is 284. The summed E-state index contributed by atoms with van der Waals surface area (Å²) >= 11 is 0. The summed E-state index contributed by atoms with van der Waals surface area (Å²) in [5.41, 5.74) is 0.929. The summed E-state index contributed by atoms with van der Waals surface area (Å²) in [6.45, 7) is 0.504. The molecule has 0 aliphatic heterocycles. The first-order valence-electron chi connectivity index (χ1n) is 4.12. The molecule has 3 nitrogen and oxygen atoms in total. The van der Waals surface area contributed by atoms with Crippen LogP contribution in [-0.4, -0.2) is 31.6 Å². The summed E-state index contributed by atoms with van der Waals surface area (Å²) in [5, 5.41) is 8.53. The molecule has 13 heavy (non-hydrogen) atoms. The second kappa shape index (κ2) is 5.32. The SMILES string of the molecule is COc1ccccc1C=NCCO. The zero-order valence-corrected chi connectivity index (χ0v) is 7.60. The van der Waals surface area contributed by atoms with Crippen molar-refractivity contribution >= 4 is 6.21 Å². The Hall–Kier alpha value is -1.35. The largest absolute Gasteiger partial charge is 0.496 e. The molecule has 3 heteroatoms. The molecule has 1 rings (SSSR count). The maximum Gasteiger partial charge on any atom is 0.127 e. The summed E-state index contributed by atoms with van der Waals surface area (Å²) in [4.78, 5) is 4.01. The van der Waals surface area contributed by atoms with Crippen molar-refractivity contribution in [1.82, 2.24) is 0 Å². The number of hydrogen-bond donors (Lipinski definition) is 1. The van der Waals surface area contributed by atoms with Gasteiger partial charge in [-0.05, 0) is 12.1 Å². The van der Waals surface area contributed by atoms with Crippen molar-refractivity contribution in [2.24, 2.45) is 4.99 Å². The quantitative estimate of drug-likeness (QED) is 0.703. The van der Waals surface area contributed by atoms with Gasteiger partial charge < -0.3 is 9.84 Å². The Labute approximate surface area is 77.7 Å². The van der Waals surface area contributed by atoms with Crippen LogP contribution in [0.15, 0.2) is 29.3 Å². The third kappa shape index (κ3) is 2.87. The molecule has 1 aromatic rings. The van der Waals surface area contributed by atoms with Crippen molar-refractivity contribution in [3.8, 4) is 5.75 Å². The molecule has 0 atom stereocenters. The summed E-state index contributed by atoms with van der Waals surface area (Å²) in [6, 6.07) is 7.62. The molecule has 0 unspecified atom stereocenters. The Kier molecular flexibility index (Phi) is 3.99. The number of nitrogens with zero attached hydrogens (tertiary/aromatic N) is 1. The Balaban J connectivity index is 2.74. The van der Waals surface area contributed by atoms with E-state index in [0.29, 0.717) is 6.54 Å². The average molecular weight is 179 g/mol. The van der Waals surface area contributed by atoms with E-state index in [2.05, 4.69) is 4.99 Å². The topological polar surface area (TPSA) is 41.8 Å². The van der Waals surface area contributed by atoms with Crippen LogP contribution in [0.1, 0.15) is 5.56 Å². The van der Waals surface area contributed by atoms with E-state index in [1.807, 2.05) is 24.3 Å². The number of methoxy groups -OCH3 is 1. The first-order chi connectivity index (χ1) is 6.38. The highest BCUT2D eigenvalue weighted by Gasteiger charge is 1.95. The molecule has 0 bridgehead atoms. The maximum absolute atomic E-state index is 8.53. The van der Waals surface area contributed by atoms with Crippen molar-refractivity contribution in [3.05, 3.63) is 29.8 Å². The Morgan fingerprint density at radius 3 is 2.92 bits per heavy atom. The van der Waals surface area contributed by atoms with Crippen LogP contribution in [0, 0.1) is 0 Å². The van der Waals surface area contributed by atoms with E-state index in [1.54, 1.807) is 13.3 Å². The van der Waals surface area contributed by atoms with Crippen molar-refractivity contribution in [1.29, 1.82) is 0 Å². The highest BCUT2D eigenvalue weighted by molar-refractivity contribution is 5.83. The van der Waals surface area contributed by atoms with Gasteiger partial charge in [-0.1, -0.05) is 12.1 Å². The number of ether oxygens (including phenoxy) is 1. The lowest BCUT2D eigenvalue weighted by molar-refractivity contribution is 0.307. The highest BCUT2D eigenvalue weighted by atomic mass is 16.5. The van der Waals surface area contributed by atoms with Crippen molar-refractivity contribution < 1.29 is 9.84 Å². The average Bonchev–Trinajstić information content (AvgIpc) is 2.19. The zero-order valence-electron chi connectivity index (χ0n) is 7.60. The second-order valence-electron chi connectivity index (χ2n) is 2.50. The monoisotopic (exact) mass is 179 g/mol. The van der Waals surface area contributed by atoms with Gasteiger partial charge in [0.25, 0.3) is 0 Å². The van der Waals surface area contributed by atoms with Crippen LogP contribution in [-0.2, 0) is 0 Å². The minimum absolute atomic E-state index is 0.0750. The maximum atomic E-state index is 8.53. The summed E-state index contributed by atoms with van der Waals surface area (Å²) in [5.74, 6) is 0.796. The van der Waals surface area contributed by atoms with Crippen LogP contribution >= 0.6 is 0 Å². The lowest BCUT2D eigenvalue weighted by Gasteiger charge is -2.02. The number of aliphatic imine (C=N–C) groups is 1. The first kappa shape index (κ1) is 9.74. The number of aliphatic hydroxyl groups excluding tert-OH is 1. The van der Waals surface area contributed by atoms with E-state index in [4.69, 9.17) is 9.84 Å². The van der Waals surface area contributed by atoms with E-state index in [-0.39, 0.29) is 6.61 Å². The van der Waals surface area contributed by atoms with E-state index < -0.39 is 0 Å². The van der Waals surface area contributed by atoms with Gasteiger partial charge in [0, 0.05) is 11.8 Å². The van der Waals surface area contributed by atoms with Gasteiger partial charge in [0.05, 0.1) is 20.3 Å². The van der Waals surface area contributed by atoms with E-state index in [0.717, 1.165) is 11.3 Å². The van der Waals surface area contributed by atoms with Gasteiger partial charge in [-0.25, -0.2) is 0 Å². The van der Waals surface area contributed by atoms with Gasteiger partial charge in [-0.3, -0.25) is 4.99 Å². The predicted molar refractivity (Wildman–Crippen MR) is 52.5 cm³/mol. The lowest BCUT2D eigenvalue weighted by Crippen LogP contribution is -1.92. The third-order valence-corrected chi connectivity index (χ3v) is 1.60. The van der Waals surface area contributed by atoms with Crippen molar-refractivity contribution in [2.75, 3.05) is 20.3 Å². The van der Waals surface area contributed by atoms with Crippen LogP contribution < -0.4 is 4.74 Å². The second-order valence-corrected chi connectivity index (χ2v) is 2.50. The number of rotatable bonds is 4. The fourth-order valence-corrected chi connectivity index (χ4v) is 0.994. The van der Waals surface area contributed by atoms with Gasteiger partial charge in [-0.15, -0.1) is 0 Å². The molecular formula is C10H13NO2. The third-order valence-electron chi connectivity index (χ3n) is 1.60. The molecule has 0 amide bonds. The molecule has 0 spiro atoms. The van der Waals surface area contributed by atoms with E-state index in [1.165, 1.54) is 0 Å². The lowest BCUT2D eigenvalue weighted by atomic mass is 10.2. The highest BCUT2D eigenvalue weighted by Crippen LogP contribution is 2.14. The van der Waals surface area contributed by atoms with Gasteiger partial charge >= 0.3 is 0 Å². The molecule has 0 heterocycles. The molecule has 0 aromatic heterocycles. The summed E-state index contributed by atoms with van der Waals surface area (Å²) in [6.07, 6.45) is 1.70. The molecule has 1 N–H and O–H groups in total. The van der Waals surface area contributed by atoms with E-state index >= 15 is 0 Å². The van der Waals surface area contributed by atoms with Crippen molar-refractivity contribution in [3.63, 3.8) is 0 Å². The summed E-state index contributed by atoms with van der Waals surface area (Å²) < 4.78 is 5.12. The minimum Gasteiger partial charge on any atom is -0.496 e. The molecule has 0 saturated carbocycles. The molecule has 1 aromatic carbocycles. The zero-order chi connectivity index (χ0) is 9.52. The van der Waals surface area contributed by atoms with Crippen LogP contribution in [0.5, 0.6) is 5.75 Å². The van der Waals surface area contributed by atoms with Gasteiger partial charge in [0.15, 0.2) is 0 Å². The molecular weight excluding hydrogens is 166 g/mol. The van der Waals surface area contributed by atoms with Crippen LogP contribution in [0.2, 0.25) is 0 Å². The number of aliphatic hydroxyl groups is 1. The van der Waals surface area contributed by atoms with E-state index in [9.17, 15) is 0 Å². The summed E-state index contributed by atoms with van der Waals surface area (Å²) in [7, 11) is 1.62. The normalized spacial score (nSPS) is 10.6. The van der Waals surface area contributed by atoms with Gasteiger partial charge in [0.1, 0.15) is 5.75 Å².